The molecule has 22 heavy (non-hydrogen) atoms. The van der Waals surface area contributed by atoms with Gasteiger partial charge in [0.1, 0.15) is 5.60 Å². The van der Waals surface area contributed by atoms with Crippen molar-refractivity contribution >= 4 is 17.9 Å². The molecule has 1 amide bonds. The zero-order chi connectivity index (χ0) is 16.6. The summed E-state index contributed by atoms with van der Waals surface area (Å²) >= 11 is 2.00. The number of thioether (sulfide) groups is 1. The van der Waals surface area contributed by atoms with Gasteiger partial charge in [0.05, 0.1) is 0 Å². The average molecular weight is 331 g/mol. The molecule has 2 atom stereocenters. The van der Waals surface area contributed by atoms with Crippen molar-refractivity contribution in [2.45, 2.75) is 65.5 Å². The first-order valence-corrected chi connectivity index (χ1v) is 9.78. The molecule has 1 heterocycles. The Labute approximate surface area is 140 Å². The zero-order valence-corrected chi connectivity index (χ0v) is 15.8. The van der Waals surface area contributed by atoms with E-state index in [0.717, 1.165) is 26.1 Å². The number of hydrogen-bond donors (Lipinski definition) is 1. The van der Waals surface area contributed by atoms with Crippen molar-refractivity contribution in [3.63, 3.8) is 0 Å². The maximum absolute atomic E-state index is 12.2. The summed E-state index contributed by atoms with van der Waals surface area (Å²) in [5.74, 6) is 2.95. The van der Waals surface area contributed by atoms with Crippen molar-refractivity contribution in [3.8, 4) is 0 Å². The van der Waals surface area contributed by atoms with E-state index in [0.29, 0.717) is 12.0 Å². The molecule has 1 saturated heterocycles. The van der Waals surface area contributed by atoms with E-state index in [9.17, 15) is 4.79 Å². The van der Waals surface area contributed by atoms with Gasteiger partial charge < -0.3 is 15.0 Å². The van der Waals surface area contributed by atoms with Gasteiger partial charge in [-0.3, -0.25) is 0 Å². The molecule has 4 nitrogen and oxygen atoms in total. The predicted octanol–water partition coefficient (Wildman–Crippen LogP) is 3.75. The fourth-order valence-corrected chi connectivity index (χ4v) is 3.36. The highest BCUT2D eigenvalue weighted by Crippen LogP contribution is 2.22. The van der Waals surface area contributed by atoms with E-state index in [1.54, 1.807) is 0 Å². The van der Waals surface area contributed by atoms with Crippen molar-refractivity contribution in [1.82, 2.24) is 10.2 Å². The summed E-state index contributed by atoms with van der Waals surface area (Å²) in [6.45, 7) is 12.9. The number of nitrogens with zero attached hydrogens (tertiary/aromatic N) is 1. The van der Waals surface area contributed by atoms with Crippen LogP contribution in [0.25, 0.3) is 0 Å². The number of rotatable bonds is 7. The zero-order valence-electron chi connectivity index (χ0n) is 15.0. The van der Waals surface area contributed by atoms with Gasteiger partial charge in [-0.2, -0.15) is 11.8 Å². The molecular weight excluding hydrogens is 296 g/mol. The fourth-order valence-electron chi connectivity index (χ4n) is 2.73. The number of nitrogens with one attached hydrogen (secondary N) is 1. The van der Waals surface area contributed by atoms with Crippen LogP contribution in [0, 0.1) is 5.92 Å². The summed E-state index contributed by atoms with van der Waals surface area (Å²) in [6.07, 6.45) is 3.31. The first kappa shape index (κ1) is 19.6. The highest BCUT2D eigenvalue weighted by atomic mass is 32.2. The molecule has 0 aromatic rings. The molecule has 0 spiro atoms. The Morgan fingerprint density at radius 1 is 1.45 bits per heavy atom. The number of amides is 1. The largest absolute Gasteiger partial charge is 0.444 e. The first-order chi connectivity index (χ1) is 10.3. The standard InChI is InChI=1S/C17H34N2O2S/c1-6-22-12-8-10-18-14(2)15-9-7-11-19(13-15)16(20)21-17(3,4)5/h14-15,18H,6-13H2,1-5H3. The van der Waals surface area contributed by atoms with Crippen LogP contribution < -0.4 is 5.32 Å². The molecule has 0 saturated carbocycles. The van der Waals surface area contributed by atoms with Gasteiger partial charge >= 0.3 is 6.09 Å². The highest BCUT2D eigenvalue weighted by Gasteiger charge is 2.29. The lowest BCUT2D eigenvalue weighted by atomic mass is 9.92. The Balaban J connectivity index is 2.34. The minimum absolute atomic E-state index is 0.163. The van der Waals surface area contributed by atoms with E-state index in [-0.39, 0.29) is 6.09 Å². The highest BCUT2D eigenvalue weighted by molar-refractivity contribution is 7.99. The molecule has 1 aliphatic rings. The summed E-state index contributed by atoms with van der Waals surface area (Å²) in [5, 5.41) is 3.63. The Hall–Kier alpha value is -0.420. The summed E-state index contributed by atoms with van der Waals surface area (Å²) in [4.78, 5) is 14.1. The lowest BCUT2D eigenvalue weighted by molar-refractivity contribution is 0.0148. The van der Waals surface area contributed by atoms with Crippen LogP contribution in [0.2, 0.25) is 0 Å². The molecule has 0 aromatic carbocycles. The van der Waals surface area contributed by atoms with E-state index in [2.05, 4.69) is 19.2 Å². The van der Waals surface area contributed by atoms with Crippen molar-refractivity contribution in [1.29, 1.82) is 0 Å². The molecule has 0 radical (unpaired) electrons. The second kappa shape index (κ2) is 9.66. The molecule has 2 unspecified atom stereocenters. The van der Waals surface area contributed by atoms with Crippen molar-refractivity contribution in [3.05, 3.63) is 0 Å². The maximum atomic E-state index is 12.2. The monoisotopic (exact) mass is 330 g/mol. The third-order valence-corrected chi connectivity index (χ3v) is 4.94. The normalized spacial score (nSPS) is 20.8. The van der Waals surface area contributed by atoms with Gasteiger partial charge in [0.2, 0.25) is 0 Å². The summed E-state index contributed by atoms with van der Waals surface area (Å²) in [7, 11) is 0. The fraction of sp³-hybridized carbons (Fsp3) is 0.941. The minimum Gasteiger partial charge on any atom is -0.444 e. The molecule has 1 fully saturated rings. The van der Waals surface area contributed by atoms with Gasteiger partial charge in [-0.1, -0.05) is 6.92 Å². The van der Waals surface area contributed by atoms with Crippen LogP contribution in [0.15, 0.2) is 0 Å². The van der Waals surface area contributed by atoms with Gasteiger partial charge in [-0.25, -0.2) is 4.79 Å². The number of hydrogen-bond acceptors (Lipinski definition) is 4. The van der Waals surface area contributed by atoms with Gasteiger partial charge in [-0.15, -0.1) is 0 Å². The molecular formula is C17H34N2O2S. The van der Waals surface area contributed by atoms with Crippen LogP contribution in [0.3, 0.4) is 0 Å². The average Bonchev–Trinajstić information content (AvgIpc) is 2.45. The lowest BCUT2D eigenvalue weighted by Gasteiger charge is -2.36. The lowest BCUT2D eigenvalue weighted by Crippen LogP contribution is -2.48. The van der Waals surface area contributed by atoms with Gasteiger partial charge in [-0.05, 0) is 70.9 Å². The SMILES string of the molecule is CCSCCCNC(C)C1CCCN(C(=O)OC(C)(C)C)C1. The second-order valence-electron chi connectivity index (χ2n) is 7.12. The van der Waals surface area contributed by atoms with E-state index in [1.807, 2.05) is 37.4 Å². The van der Waals surface area contributed by atoms with Crippen molar-refractivity contribution < 1.29 is 9.53 Å². The molecule has 1 rings (SSSR count). The Morgan fingerprint density at radius 2 is 2.18 bits per heavy atom. The molecule has 0 aliphatic carbocycles. The second-order valence-corrected chi connectivity index (χ2v) is 8.52. The Morgan fingerprint density at radius 3 is 2.82 bits per heavy atom. The van der Waals surface area contributed by atoms with Crippen molar-refractivity contribution in [2.24, 2.45) is 5.92 Å². The Bertz CT molecular complexity index is 331. The summed E-state index contributed by atoms with van der Waals surface area (Å²) in [6, 6.07) is 0.455. The predicted molar refractivity (Wildman–Crippen MR) is 95.6 cm³/mol. The van der Waals surface area contributed by atoms with E-state index in [1.165, 1.54) is 24.3 Å². The van der Waals surface area contributed by atoms with Crippen LogP contribution >= 0.6 is 11.8 Å². The van der Waals surface area contributed by atoms with Crippen LogP contribution in [-0.2, 0) is 4.74 Å². The minimum atomic E-state index is -0.412. The topological polar surface area (TPSA) is 41.6 Å². The summed E-state index contributed by atoms with van der Waals surface area (Å²) < 4.78 is 5.49. The number of piperidine rings is 1. The van der Waals surface area contributed by atoms with Crippen molar-refractivity contribution in [2.75, 3.05) is 31.1 Å². The van der Waals surface area contributed by atoms with E-state index < -0.39 is 5.60 Å². The smallest absolute Gasteiger partial charge is 0.410 e. The van der Waals surface area contributed by atoms with Crippen LogP contribution in [0.5, 0.6) is 0 Å². The number of ether oxygens (including phenoxy) is 1. The third-order valence-electron chi connectivity index (χ3n) is 3.95. The number of carbonyl (C=O) groups is 1. The first-order valence-electron chi connectivity index (χ1n) is 8.62. The van der Waals surface area contributed by atoms with Gasteiger partial charge in [0.25, 0.3) is 0 Å². The molecule has 130 valence electrons. The Kier molecular flexibility index (Phi) is 8.62. The number of carbonyl (C=O) groups excluding carboxylic acids is 1. The molecule has 1 aliphatic heterocycles. The maximum Gasteiger partial charge on any atom is 0.410 e. The molecule has 0 bridgehead atoms. The van der Waals surface area contributed by atoms with Crippen LogP contribution in [0.1, 0.15) is 53.9 Å². The van der Waals surface area contributed by atoms with Crippen LogP contribution in [0.4, 0.5) is 4.79 Å². The summed E-state index contributed by atoms with van der Waals surface area (Å²) in [5.41, 5.74) is -0.412. The van der Waals surface area contributed by atoms with Gasteiger partial charge in [0, 0.05) is 19.1 Å². The van der Waals surface area contributed by atoms with E-state index >= 15 is 0 Å². The van der Waals surface area contributed by atoms with E-state index in [4.69, 9.17) is 4.74 Å². The third kappa shape index (κ3) is 7.73. The number of likely N-dealkylation sites (tertiary alicyclic amines) is 1. The molecule has 0 aromatic heterocycles. The van der Waals surface area contributed by atoms with Crippen LogP contribution in [-0.4, -0.2) is 53.8 Å². The molecule has 5 heteroatoms. The van der Waals surface area contributed by atoms with Gasteiger partial charge in [0.15, 0.2) is 0 Å². The molecule has 1 N–H and O–H groups in total. The quantitative estimate of drug-likeness (QED) is 0.722.